The van der Waals surface area contributed by atoms with Gasteiger partial charge >= 0.3 is 17.3 Å². The Labute approximate surface area is 123 Å². The molecular weight excluding hydrogens is 335 g/mol. The maximum atomic E-state index is 12.6. The second-order valence-electron chi connectivity index (χ2n) is 3.65. The summed E-state index contributed by atoms with van der Waals surface area (Å²) in [5, 5.41) is 1.52. The van der Waals surface area contributed by atoms with E-state index < -0.39 is 28.3 Å². The molecule has 0 saturated carbocycles. The van der Waals surface area contributed by atoms with E-state index in [2.05, 4.69) is 20.1 Å². The lowest BCUT2D eigenvalue weighted by Crippen LogP contribution is -2.33. The molecule has 0 aliphatic carbocycles. The molecule has 0 bridgehead atoms. The van der Waals surface area contributed by atoms with Gasteiger partial charge in [-0.3, -0.25) is 19.4 Å². The van der Waals surface area contributed by atoms with Crippen LogP contribution in [0.4, 0.5) is 13.2 Å². The van der Waals surface area contributed by atoms with Gasteiger partial charge in [-0.2, -0.15) is 18.2 Å². The molecule has 0 atom stereocenters. The zero-order valence-electron chi connectivity index (χ0n) is 10.1. The first-order chi connectivity index (χ1) is 9.66. The fraction of sp³-hybridized carbons (Fsp3) is 0.222. The highest BCUT2D eigenvalue weighted by Gasteiger charge is 2.35. The highest BCUT2D eigenvalue weighted by Crippen LogP contribution is 2.31. The molecule has 0 unspecified atom stereocenters. The maximum absolute atomic E-state index is 12.6. The van der Waals surface area contributed by atoms with E-state index in [0.717, 1.165) is 10.7 Å². The predicted molar refractivity (Wildman–Crippen MR) is 66.3 cm³/mol. The van der Waals surface area contributed by atoms with Crippen molar-refractivity contribution in [1.29, 1.82) is 0 Å². The molecular formula is C9H5ClF3N5O2S. The quantitative estimate of drug-likeness (QED) is 0.650. The molecule has 2 aromatic heterocycles. The lowest BCUT2D eigenvalue weighted by Gasteiger charge is -2.08. The van der Waals surface area contributed by atoms with Crippen LogP contribution < -0.4 is 11.1 Å². The molecule has 21 heavy (non-hydrogen) atoms. The highest BCUT2D eigenvalue weighted by molar-refractivity contribution is 7.99. The van der Waals surface area contributed by atoms with Crippen molar-refractivity contribution in [2.24, 2.45) is 7.05 Å². The van der Waals surface area contributed by atoms with Crippen LogP contribution in [0.3, 0.4) is 0 Å². The Morgan fingerprint density at radius 3 is 2.57 bits per heavy atom. The van der Waals surface area contributed by atoms with Crippen LogP contribution in [0.1, 0.15) is 5.82 Å². The van der Waals surface area contributed by atoms with Crippen molar-refractivity contribution >= 4 is 23.4 Å². The zero-order valence-corrected chi connectivity index (χ0v) is 11.7. The second-order valence-corrected chi connectivity index (χ2v) is 5.03. The first kappa shape index (κ1) is 15.5. The van der Waals surface area contributed by atoms with E-state index in [1.165, 1.54) is 7.05 Å². The Balaban J connectivity index is 2.45. The molecule has 0 aromatic carbocycles. The smallest absolute Gasteiger partial charge is 0.265 e. The average Bonchev–Trinajstić information content (AvgIpc) is 2.34. The largest absolute Gasteiger partial charge is 0.451 e. The van der Waals surface area contributed by atoms with Crippen molar-refractivity contribution in [2.45, 2.75) is 16.4 Å². The van der Waals surface area contributed by atoms with Crippen molar-refractivity contribution in [2.75, 3.05) is 0 Å². The number of aromatic nitrogens is 5. The van der Waals surface area contributed by atoms with Crippen molar-refractivity contribution in [3.8, 4) is 0 Å². The van der Waals surface area contributed by atoms with Gasteiger partial charge in [-0.15, -0.1) is 0 Å². The number of halogens is 4. The number of H-pyrrole nitrogens is 1. The maximum Gasteiger partial charge on any atom is 0.451 e. The van der Waals surface area contributed by atoms with Crippen molar-refractivity contribution < 1.29 is 13.2 Å². The molecule has 112 valence electrons. The summed E-state index contributed by atoms with van der Waals surface area (Å²) in [6.45, 7) is 0. The molecule has 0 amide bonds. The molecule has 12 heteroatoms. The Hall–Kier alpha value is -1.88. The third-order valence-electron chi connectivity index (χ3n) is 2.07. The summed E-state index contributed by atoms with van der Waals surface area (Å²) < 4.78 is 38.8. The molecule has 2 heterocycles. The van der Waals surface area contributed by atoms with Gasteiger partial charge in [-0.25, -0.2) is 9.97 Å². The van der Waals surface area contributed by atoms with E-state index in [9.17, 15) is 22.8 Å². The molecule has 0 radical (unpaired) electrons. The number of aromatic amines is 1. The van der Waals surface area contributed by atoms with Crippen LogP contribution in [-0.2, 0) is 13.2 Å². The molecule has 0 fully saturated rings. The summed E-state index contributed by atoms with van der Waals surface area (Å²) in [5.41, 5.74) is -2.01. The van der Waals surface area contributed by atoms with E-state index >= 15 is 0 Å². The van der Waals surface area contributed by atoms with Crippen LogP contribution in [0.25, 0.3) is 0 Å². The monoisotopic (exact) mass is 339 g/mol. The van der Waals surface area contributed by atoms with Crippen LogP contribution in [0, 0.1) is 0 Å². The molecule has 7 nitrogen and oxygen atoms in total. The summed E-state index contributed by atoms with van der Waals surface area (Å²) in [7, 11) is 1.36. The topological polar surface area (TPSA) is 93.5 Å². The van der Waals surface area contributed by atoms with Gasteiger partial charge < -0.3 is 0 Å². The van der Waals surface area contributed by atoms with Gasteiger partial charge in [0.25, 0.3) is 0 Å². The van der Waals surface area contributed by atoms with Crippen LogP contribution in [-0.4, -0.2) is 24.7 Å². The molecule has 0 spiro atoms. The third-order valence-corrected chi connectivity index (χ3v) is 3.23. The molecule has 0 saturated heterocycles. The second kappa shape index (κ2) is 5.48. The molecule has 0 aliphatic heterocycles. The fourth-order valence-electron chi connectivity index (χ4n) is 1.22. The fourth-order valence-corrected chi connectivity index (χ4v) is 2.27. The Kier molecular flexibility index (Phi) is 4.05. The number of aryl methyl sites for hydroxylation is 1. The van der Waals surface area contributed by atoms with Crippen LogP contribution >= 0.6 is 23.4 Å². The van der Waals surface area contributed by atoms with Gasteiger partial charge in [0, 0.05) is 13.1 Å². The summed E-state index contributed by atoms with van der Waals surface area (Å²) in [5.74, 6) is -1.41. The van der Waals surface area contributed by atoms with Gasteiger partial charge in [0.2, 0.25) is 5.82 Å². The highest BCUT2D eigenvalue weighted by atomic mass is 35.5. The van der Waals surface area contributed by atoms with Gasteiger partial charge in [0.15, 0.2) is 5.16 Å². The average molecular weight is 340 g/mol. The number of alkyl halides is 3. The molecule has 2 aromatic rings. The normalized spacial score (nSPS) is 11.7. The van der Waals surface area contributed by atoms with Crippen LogP contribution in [0.15, 0.2) is 25.8 Å². The minimum Gasteiger partial charge on any atom is -0.265 e. The van der Waals surface area contributed by atoms with Gasteiger partial charge in [0.1, 0.15) is 10.2 Å². The van der Waals surface area contributed by atoms with Crippen LogP contribution in [0.5, 0.6) is 0 Å². The Bertz CT molecular complexity index is 803. The van der Waals surface area contributed by atoms with E-state index in [1.807, 2.05) is 0 Å². The predicted octanol–water partition coefficient (Wildman–Crippen LogP) is 1.08. The summed E-state index contributed by atoms with van der Waals surface area (Å²) >= 11 is 6.14. The minimum absolute atomic E-state index is 0.0532. The molecule has 0 aliphatic rings. The summed E-state index contributed by atoms with van der Waals surface area (Å²) in [6.07, 6.45) is -4.76. The third kappa shape index (κ3) is 3.61. The number of hydrogen-bond donors (Lipinski definition) is 1. The number of rotatable bonds is 2. The lowest BCUT2D eigenvalue weighted by atomic mass is 10.5. The zero-order chi connectivity index (χ0) is 15.8. The number of hydrogen-bond acceptors (Lipinski definition) is 6. The number of nitrogens with zero attached hydrogens (tertiary/aromatic N) is 4. The SMILES string of the molecule is Cn1[nH]c(=O)c(=O)nc1Sc1cc(Cl)nc(C(F)(F)F)n1. The molecule has 2 rings (SSSR count). The first-order valence-electron chi connectivity index (χ1n) is 5.14. The number of nitrogens with one attached hydrogen (secondary N) is 1. The Morgan fingerprint density at radius 1 is 1.29 bits per heavy atom. The van der Waals surface area contributed by atoms with Gasteiger partial charge in [-0.1, -0.05) is 11.6 Å². The van der Waals surface area contributed by atoms with Crippen LogP contribution in [0.2, 0.25) is 5.15 Å². The van der Waals surface area contributed by atoms with Crippen molar-refractivity contribution in [3.63, 3.8) is 0 Å². The van der Waals surface area contributed by atoms with E-state index in [-0.39, 0.29) is 10.2 Å². The summed E-state index contributed by atoms with van der Waals surface area (Å²) in [6, 6.07) is 1.08. The summed E-state index contributed by atoms with van der Waals surface area (Å²) in [4.78, 5) is 32.0. The van der Waals surface area contributed by atoms with E-state index in [1.54, 1.807) is 0 Å². The minimum atomic E-state index is -4.76. The van der Waals surface area contributed by atoms with Gasteiger partial charge in [0.05, 0.1) is 0 Å². The van der Waals surface area contributed by atoms with Crippen molar-refractivity contribution in [3.05, 3.63) is 37.8 Å². The van der Waals surface area contributed by atoms with Gasteiger partial charge in [-0.05, 0) is 11.8 Å². The lowest BCUT2D eigenvalue weighted by molar-refractivity contribution is -0.145. The Morgan fingerprint density at radius 2 is 1.95 bits per heavy atom. The first-order valence-corrected chi connectivity index (χ1v) is 6.33. The van der Waals surface area contributed by atoms with E-state index in [0.29, 0.717) is 11.8 Å². The van der Waals surface area contributed by atoms with Crippen molar-refractivity contribution in [1.82, 2.24) is 24.7 Å². The standard InChI is InChI=1S/C9H5ClF3N5O2S/c1-18-8(16-5(19)6(20)17-18)21-4-2-3(10)14-7(15-4)9(11,12)13/h2H,1H3,(H,17,20). The van der Waals surface area contributed by atoms with E-state index in [4.69, 9.17) is 11.6 Å². The molecule has 1 N–H and O–H groups in total.